The van der Waals surface area contributed by atoms with Crippen LogP contribution in [0.2, 0.25) is 0 Å². The first kappa shape index (κ1) is 15.4. The van der Waals surface area contributed by atoms with Gasteiger partial charge in [-0.15, -0.1) is 11.3 Å². The summed E-state index contributed by atoms with van der Waals surface area (Å²) in [6.45, 7) is 1.89. The number of rotatable bonds is 6. The Labute approximate surface area is 124 Å². The fourth-order valence-electron chi connectivity index (χ4n) is 2.29. The molecule has 1 aliphatic rings. The van der Waals surface area contributed by atoms with Crippen molar-refractivity contribution in [3.8, 4) is 0 Å². The number of aliphatic hydroxyl groups is 1. The first-order valence-electron chi connectivity index (χ1n) is 6.52. The molecule has 2 atom stereocenters. The van der Waals surface area contributed by atoms with Crippen LogP contribution in [0.3, 0.4) is 0 Å². The van der Waals surface area contributed by atoms with Crippen LogP contribution in [0.1, 0.15) is 37.2 Å². The smallest absolute Gasteiger partial charge is 0.326 e. The van der Waals surface area contributed by atoms with Gasteiger partial charge in [0.2, 0.25) is 5.76 Å². The molecule has 1 amide bonds. The number of carbonyl (C=O) groups is 2. The number of carbonyl (C=O) groups excluding carboxylic acids is 1. The molecule has 1 aliphatic heterocycles. The molecule has 0 aliphatic carbocycles. The summed E-state index contributed by atoms with van der Waals surface area (Å²) in [5.74, 6) is -4.30. The quantitative estimate of drug-likeness (QED) is 0.841. The van der Waals surface area contributed by atoms with E-state index in [0.29, 0.717) is 6.42 Å². The van der Waals surface area contributed by atoms with Gasteiger partial charge in [-0.3, -0.25) is 4.79 Å². The Kier molecular flexibility index (Phi) is 4.56. The topological polar surface area (TPSA) is 90.7 Å². The van der Waals surface area contributed by atoms with Gasteiger partial charge in [0.05, 0.1) is 0 Å². The van der Waals surface area contributed by atoms with Crippen molar-refractivity contribution in [3.05, 3.63) is 28.2 Å². The highest BCUT2D eigenvalue weighted by molar-refractivity contribution is 7.09. The van der Waals surface area contributed by atoms with Gasteiger partial charge in [-0.05, 0) is 6.42 Å². The number of carboxylic acids is 1. The van der Waals surface area contributed by atoms with Crippen LogP contribution in [-0.2, 0) is 9.59 Å². The van der Waals surface area contributed by atoms with E-state index in [2.05, 4.69) is 4.98 Å². The molecule has 2 unspecified atom stereocenters. The molecule has 0 spiro atoms. The third-order valence-corrected chi connectivity index (χ3v) is 4.15. The fourth-order valence-corrected chi connectivity index (χ4v) is 3.02. The lowest BCUT2D eigenvalue weighted by atomic mass is 10.1. The molecule has 0 aromatic carbocycles. The van der Waals surface area contributed by atoms with Crippen LogP contribution < -0.4 is 0 Å². The summed E-state index contributed by atoms with van der Waals surface area (Å²) >= 11 is 1.10. The summed E-state index contributed by atoms with van der Waals surface area (Å²) in [5.41, 5.74) is 0. The van der Waals surface area contributed by atoms with Gasteiger partial charge in [-0.2, -0.15) is 0 Å². The summed E-state index contributed by atoms with van der Waals surface area (Å²) < 4.78 is 14.1. The van der Waals surface area contributed by atoms with Crippen molar-refractivity contribution < 1.29 is 24.2 Å². The molecule has 0 bridgehead atoms. The van der Waals surface area contributed by atoms with E-state index in [4.69, 9.17) is 0 Å². The second kappa shape index (κ2) is 6.21. The monoisotopic (exact) mass is 314 g/mol. The molecule has 21 heavy (non-hydrogen) atoms. The molecule has 114 valence electrons. The van der Waals surface area contributed by atoms with E-state index in [1.807, 2.05) is 6.92 Å². The number of unbranched alkanes of at least 4 members (excludes halogenated alkanes) is 1. The maximum Gasteiger partial charge on any atom is 0.326 e. The average molecular weight is 314 g/mol. The van der Waals surface area contributed by atoms with Crippen molar-refractivity contribution >= 4 is 23.2 Å². The highest BCUT2D eigenvalue weighted by Crippen LogP contribution is 2.40. The number of nitrogens with zero attached hydrogens (tertiary/aromatic N) is 2. The van der Waals surface area contributed by atoms with E-state index < -0.39 is 35.5 Å². The number of aliphatic hydroxyl groups excluding tert-OH is 1. The van der Waals surface area contributed by atoms with Crippen LogP contribution in [-0.4, -0.2) is 38.0 Å². The van der Waals surface area contributed by atoms with Gasteiger partial charge in [-0.1, -0.05) is 19.8 Å². The molecule has 2 rings (SSSR count). The van der Waals surface area contributed by atoms with Crippen LogP contribution in [0.25, 0.3) is 0 Å². The van der Waals surface area contributed by atoms with E-state index in [1.165, 1.54) is 6.20 Å². The highest BCUT2D eigenvalue weighted by Gasteiger charge is 2.47. The number of aliphatic carboxylic acids is 1. The highest BCUT2D eigenvalue weighted by atomic mass is 32.1. The molecular weight excluding hydrogens is 299 g/mol. The molecule has 6 nitrogen and oxygen atoms in total. The minimum absolute atomic E-state index is 0.194. The van der Waals surface area contributed by atoms with Crippen LogP contribution in [0.4, 0.5) is 4.39 Å². The summed E-state index contributed by atoms with van der Waals surface area (Å²) in [4.78, 5) is 28.3. The first-order chi connectivity index (χ1) is 9.99. The first-order valence-corrected chi connectivity index (χ1v) is 7.40. The van der Waals surface area contributed by atoms with Crippen molar-refractivity contribution in [2.24, 2.45) is 0 Å². The minimum atomic E-state index is -1.25. The molecule has 0 fully saturated rings. The molecule has 0 saturated carbocycles. The van der Waals surface area contributed by atoms with E-state index in [1.54, 1.807) is 5.38 Å². The molecular formula is C13H15FN2O4S. The minimum Gasteiger partial charge on any atom is -0.501 e. The summed E-state index contributed by atoms with van der Waals surface area (Å²) in [5, 5.41) is 20.7. The van der Waals surface area contributed by atoms with Gasteiger partial charge < -0.3 is 15.1 Å². The van der Waals surface area contributed by atoms with Crippen molar-refractivity contribution in [2.45, 2.75) is 38.3 Å². The van der Waals surface area contributed by atoms with E-state index in [9.17, 15) is 24.2 Å². The Morgan fingerprint density at radius 1 is 1.62 bits per heavy atom. The molecule has 2 N–H and O–H groups in total. The van der Waals surface area contributed by atoms with E-state index >= 15 is 0 Å². The zero-order chi connectivity index (χ0) is 15.6. The second-order valence-corrected chi connectivity index (χ2v) is 5.60. The zero-order valence-electron chi connectivity index (χ0n) is 11.3. The molecule has 1 aromatic heterocycles. The van der Waals surface area contributed by atoms with Crippen molar-refractivity contribution in [1.82, 2.24) is 9.88 Å². The van der Waals surface area contributed by atoms with Crippen molar-refractivity contribution in [2.75, 3.05) is 0 Å². The van der Waals surface area contributed by atoms with Gasteiger partial charge in [0, 0.05) is 11.6 Å². The van der Waals surface area contributed by atoms with Gasteiger partial charge in [-0.25, -0.2) is 14.2 Å². The van der Waals surface area contributed by atoms with Crippen molar-refractivity contribution in [1.29, 1.82) is 0 Å². The van der Waals surface area contributed by atoms with Gasteiger partial charge >= 0.3 is 5.97 Å². The Morgan fingerprint density at radius 2 is 2.33 bits per heavy atom. The van der Waals surface area contributed by atoms with Crippen molar-refractivity contribution in [3.63, 3.8) is 0 Å². The number of hydrogen-bond acceptors (Lipinski definition) is 5. The van der Waals surface area contributed by atoms with Crippen LogP contribution in [0.15, 0.2) is 23.2 Å². The molecule has 1 aromatic rings. The predicted molar refractivity (Wildman–Crippen MR) is 73.4 cm³/mol. The number of carboxylic acid groups (broad SMARTS) is 1. The molecule has 0 saturated heterocycles. The SMILES string of the molecule is CCCCC(C(=O)O)N1C(=O)C(O)=C(F)C1c1nccs1. The number of halogens is 1. The van der Waals surface area contributed by atoms with Gasteiger partial charge in [0.15, 0.2) is 5.83 Å². The maximum atomic E-state index is 14.1. The lowest BCUT2D eigenvalue weighted by molar-refractivity contribution is -0.150. The maximum absolute atomic E-state index is 14.1. The average Bonchev–Trinajstić information content (AvgIpc) is 3.03. The lowest BCUT2D eigenvalue weighted by Crippen LogP contribution is -2.44. The van der Waals surface area contributed by atoms with Crippen LogP contribution >= 0.6 is 11.3 Å². The summed E-state index contributed by atoms with van der Waals surface area (Å²) in [7, 11) is 0. The zero-order valence-corrected chi connectivity index (χ0v) is 12.1. The van der Waals surface area contributed by atoms with E-state index in [0.717, 1.165) is 22.7 Å². The summed E-state index contributed by atoms with van der Waals surface area (Å²) in [6, 6.07) is -2.45. The second-order valence-electron chi connectivity index (χ2n) is 4.68. The molecule has 2 heterocycles. The van der Waals surface area contributed by atoms with Gasteiger partial charge in [0.25, 0.3) is 5.91 Å². The normalized spacial score (nSPS) is 20.2. The molecule has 8 heteroatoms. The third-order valence-electron chi connectivity index (χ3n) is 3.32. The number of hydrogen-bond donors (Lipinski definition) is 2. The van der Waals surface area contributed by atoms with Gasteiger partial charge in [0.1, 0.15) is 17.1 Å². The number of aromatic nitrogens is 1. The largest absolute Gasteiger partial charge is 0.501 e. The fraction of sp³-hybridized carbons (Fsp3) is 0.462. The number of thiazole rings is 1. The third kappa shape index (κ3) is 2.76. The number of amides is 1. The lowest BCUT2D eigenvalue weighted by Gasteiger charge is -2.29. The van der Waals surface area contributed by atoms with Crippen LogP contribution in [0, 0.1) is 0 Å². The Balaban J connectivity index is 2.39. The summed E-state index contributed by atoms with van der Waals surface area (Å²) in [6.07, 6.45) is 2.95. The Bertz CT molecular complexity index is 573. The van der Waals surface area contributed by atoms with Crippen LogP contribution in [0.5, 0.6) is 0 Å². The predicted octanol–water partition coefficient (Wildman–Crippen LogP) is 2.41. The standard InChI is InChI=1S/C13H15FN2O4S/c1-2-3-4-7(13(19)20)16-9(11-15-5-6-21-11)8(14)10(17)12(16)18/h5-7,9,17H,2-4H2,1H3,(H,19,20). The Hall–Kier alpha value is -1.96. The van der Waals surface area contributed by atoms with E-state index in [-0.39, 0.29) is 11.4 Å². The molecule has 0 radical (unpaired) electrons. The Morgan fingerprint density at radius 3 is 2.86 bits per heavy atom.